The summed E-state index contributed by atoms with van der Waals surface area (Å²) in [5, 5.41) is 0. The lowest BCUT2D eigenvalue weighted by molar-refractivity contribution is -0.138. The Kier molecular flexibility index (Phi) is 6.55. The highest BCUT2D eigenvalue weighted by atomic mass is 16.5. The van der Waals surface area contributed by atoms with Gasteiger partial charge in [0, 0.05) is 0 Å². The minimum atomic E-state index is -1.74. The second kappa shape index (κ2) is 10.5. The van der Waals surface area contributed by atoms with Crippen molar-refractivity contribution in [1.82, 2.24) is 0 Å². The van der Waals surface area contributed by atoms with E-state index in [2.05, 4.69) is 62.4 Å². The van der Waals surface area contributed by atoms with E-state index in [0.29, 0.717) is 22.5 Å². The van der Waals surface area contributed by atoms with Crippen molar-refractivity contribution in [1.29, 1.82) is 0 Å². The summed E-state index contributed by atoms with van der Waals surface area (Å²) in [6.45, 7) is 8.19. The van der Waals surface area contributed by atoms with Crippen molar-refractivity contribution in [2.75, 3.05) is 0 Å². The van der Waals surface area contributed by atoms with Crippen molar-refractivity contribution >= 4 is 34.0 Å². The van der Waals surface area contributed by atoms with Crippen LogP contribution in [0, 0.1) is 33.1 Å². The lowest BCUT2D eigenvalue weighted by atomic mass is 9.65. The molecule has 0 N–H and O–H groups in total. The normalized spacial score (nSPS) is 15.5. The molecule has 214 valence electrons. The van der Waals surface area contributed by atoms with E-state index in [0.717, 1.165) is 55.7 Å². The summed E-state index contributed by atoms with van der Waals surface area (Å²) in [5.74, 6) is -0.568. The summed E-state index contributed by atoms with van der Waals surface area (Å²) in [7, 11) is 0. The number of Topliss-reactive ketones (excluding diaryl/α,β-unsaturated/α-hetero) is 1. The predicted octanol–water partition coefficient (Wildman–Crippen LogP) is 9.24. The van der Waals surface area contributed by atoms with Gasteiger partial charge in [-0.3, -0.25) is 4.79 Å². The third kappa shape index (κ3) is 4.19. The van der Waals surface area contributed by atoms with Crippen molar-refractivity contribution in [3.05, 3.63) is 171 Å². The highest BCUT2D eigenvalue weighted by Gasteiger charge is 2.62. The van der Waals surface area contributed by atoms with Gasteiger partial charge in [0.25, 0.3) is 0 Å². The van der Waals surface area contributed by atoms with Gasteiger partial charge in [0.2, 0.25) is 0 Å². The van der Waals surface area contributed by atoms with Gasteiger partial charge in [-0.2, -0.15) is 0 Å². The van der Waals surface area contributed by atoms with E-state index in [4.69, 9.17) is 4.74 Å². The van der Waals surface area contributed by atoms with E-state index in [1.54, 1.807) is 18.2 Å². The Hall–Kier alpha value is -5.28. The third-order valence-electron chi connectivity index (χ3n) is 8.84. The van der Waals surface area contributed by atoms with E-state index in [1.165, 1.54) is 0 Å². The summed E-state index contributed by atoms with van der Waals surface area (Å²) >= 11 is 0. The maximum atomic E-state index is 15.2. The summed E-state index contributed by atoms with van der Waals surface area (Å²) < 4.78 is 6.17. The van der Waals surface area contributed by atoms with Crippen LogP contribution in [0.25, 0.3) is 22.3 Å². The molecule has 0 radical (unpaired) electrons. The zero-order valence-electron chi connectivity index (χ0n) is 25.3. The maximum absolute atomic E-state index is 15.2. The molecule has 5 aromatic carbocycles. The van der Waals surface area contributed by atoms with Gasteiger partial charge < -0.3 is 4.74 Å². The van der Waals surface area contributed by atoms with Gasteiger partial charge >= 0.3 is 5.97 Å². The molecule has 0 saturated heterocycles. The second-order valence-corrected chi connectivity index (χ2v) is 11.9. The van der Waals surface area contributed by atoms with Crippen LogP contribution < -0.4 is 4.74 Å². The maximum Gasteiger partial charge on any atom is 0.334 e. The van der Waals surface area contributed by atoms with Crippen LogP contribution in [-0.4, -0.2) is 11.8 Å². The smallest absolute Gasteiger partial charge is 0.334 e. The number of carbonyl (C=O) groups excluding carboxylic acids is 2. The first kappa shape index (κ1) is 27.5. The Morgan fingerprint density at radius 2 is 0.818 bits per heavy atom. The van der Waals surface area contributed by atoms with Crippen LogP contribution in [0.5, 0.6) is 5.75 Å². The topological polar surface area (TPSA) is 43.4 Å². The zero-order valence-corrected chi connectivity index (χ0v) is 25.3. The molecule has 0 bridgehead atoms. The van der Waals surface area contributed by atoms with Crippen LogP contribution in [0.2, 0.25) is 0 Å². The van der Waals surface area contributed by atoms with E-state index in [-0.39, 0.29) is 5.78 Å². The number of hydrogen-bond acceptors (Lipinski definition) is 3. The number of benzene rings is 5. The van der Waals surface area contributed by atoms with E-state index in [1.807, 2.05) is 68.4 Å². The summed E-state index contributed by atoms with van der Waals surface area (Å²) in [5.41, 5.74) is 9.59. The molecule has 7 rings (SSSR count). The fourth-order valence-electron chi connectivity index (χ4n) is 6.58. The van der Waals surface area contributed by atoms with Gasteiger partial charge in [0.05, 0.1) is 5.56 Å². The number of ketones is 1. The average Bonchev–Trinajstić information content (AvgIpc) is 3.34. The quantitative estimate of drug-likeness (QED) is 0.122. The molecule has 1 aliphatic carbocycles. The molecule has 1 spiro atoms. The molecule has 0 atom stereocenters. The predicted molar refractivity (Wildman–Crippen MR) is 177 cm³/mol. The van der Waals surface area contributed by atoms with Gasteiger partial charge in [-0.1, -0.05) is 131 Å². The minimum absolute atomic E-state index is 0.276. The standard InChI is InChI=1S/C41H32O3/c1-25-9-17-29(18-10-25)35-36(30-19-11-26(2)12-20-30)38(32-23-15-28(4)16-24-32)41(37(35)31-21-13-27(3)14-22-31)39(42)33-7-5-6-8-34(33)44-40(41)43/h5-24H,1-4H3. The van der Waals surface area contributed by atoms with Crippen LogP contribution in [0.3, 0.4) is 0 Å². The van der Waals surface area contributed by atoms with Crippen molar-refractivity contribution in [2.24, 2.45) is 5.41 Å². The summed E-state index contributed by atoms with van der Waals surface area (Å²) in [4.78, 5) is 30.1. The van der Waals surface area contributed by atoms with Gasteiger partial charge in [-0.25, -0.2) is 4.79 Å². The molecule has 3 heteroatoms. The molecule has 0 fully saturated rings. The number of para-hydroxylation sites is 1. The Bertz CT molecular complexity index is 1890. The molecule has 2 aliphatic rings. The van der Waals surface area contributed by atoms with Crippen LogP contribution in [0.4, 0.5) is 0 Å². The van der Waals surface area contributed by atoms with Gasteiger partial charge in [0.1, 0.15) is 5.75 Å². The van der Waals surface area contributed by atoms with Crippen molar-refractivity contribution in [3.8, 4) is 5.75 Å². The van der Waals surface area contributed by atoms with E-state index < -0.39 is 11.4 Å². The van der Waals surface area contributed by atoms with Crippen LogP contribution in [0.15, 0.2) is 121 Å². The first-order valence-electron chi connectivity index (χ1n) is 14.9. The number of aryl methyl sites for hydroxylation is 4. The molecule has 0 aromatic heterocycles. The highest BCUT2D eigenvalue weighted by molar-refractivity contribution is 6.44. The Morgan fingerprint density at radius 1 is 0.455 bits per heavy atom. The number of rotatable bonds is 4. The van der Waals surface area contributed by atoms with Crippen LogP contribution in [-0.2, 0) is 4.79 Å². The van der Waals surface area contributed by atoms with Crippen molar-refractivity contribution < 1.29 is 14.3 Å². The highest BCUT2D eigenvalue weighted by Crippen LogP contribution is 2.64. The summed E-state index contributed by atoms with van der Waals surface area (Å²) in [6.07, 6.45) is 0. The molecule has 1 aliphatic heterocycles. The molecule has 0 unspecified atom stereocenters. The molecule has 1 heterocycles. The fourth-order valence-corrected chi connectivity index (χ4v) is 6.58. The number of carbonyl (C=O) groups is 2. The van der Waals surface area contributed by atoms with Gasteiger partial charge in [-0.15, -0.1) is 0 Å². The molecular formula is C41H32O3. The first-order valence-corrected chi connectivity index (χ1v) is 14.9. The number of ether oxygens (including phenoxy) is 1. The molecular weight excluding hydrogens is 540 g/mol. The largest absolute Gasteiger partial charge is 0.424 e. The van der Waals surface area contributed by atoms with Crippen molar-refractivity contribution in [2.45, 2.75) is 27.7 Å². The second-order valence-electron chi connectivity index (χ2n) is 11.9. The fraction of sp³-hybridized carbons (Fsp3) is 0.122. The van der Waals surface area contributed by atoms with Gasteiger partial charge in [-0.05, 0) is 84.4 Å². The van der Waals surface area contributed by atoms with Crippen molar-refractivity contribution in [3.63, 3.8) is 0 Å². The number of hydrogen-bond donors (Lipinski definition) is 0. The minimum Gasteiger partial charge on any atom is -0.424 e. The average molecular weight is 573 g/mol. The Labute approximate surface area is 258 Å². The van der Waals surface area contributed by atoms with Gasteiger partial charge in [0.15, 0.2) is 11.2 Å². The van der Waals surface area contributed by atoms with E-state index >= 15 is 4.79 Å². The number of allylic oxidation sites excluding steroid dienone is 2. The van der Waals surface area contributed by atoms with Crippen LogP contribution >= 0.6 is 0 Å². The Morgan fingerprint density at radius 3 is 1.23 bits per heavy atom. The Balaban J connectivity index is 1.71. The van der Waals surface area contributed by atoms with E-state index in [9.17, 15) is 4.79 Å². The zero-order chi connectivity index (χ0) is 30.6. The lowest BCUT2D eigenvalue weighted by Crippen LogP contribution is -2.46. The molecule has 3 nitrogen and oxygen atoms in total. The summed E-state index contributed by atoms with van der Waals surface area (Å²) in [6, 6.07) is 39.9. The number of esters is 1. The molecule has 44 heavy (non-hydrogen) atoms. The first-order chi connectivity index (χ1) is 21.3. The number of fused-ring (bicyclic) bond motifs is 1. The molecule has 0 saturated carbocycles. The monoisotopic (exact) mass is 572 g/mol. The third-order valence-corrected chi connectivity index (χ3v) is 8.84. The molecule has 5 aromatic rings. The molecule has 0 amide bonds. The SMILES string of the molecule is Cc1ccc(C2=C(c3ccc(C)cc3)C3(C(=O)Oc4ccccc4C3=O)C(c3ccc(C)cc3)=C2c2ccc(C)cc2)cc1. The lowest BCUT2D eigenvalue weighted by Gasteiger charge is -2.36. The van der Waals surface area contributed by atoms with Crippen LogP contribution in [0.1, 0.15) is 54.9 Å².